The van der Waals surface area contributed by atoms with E-state index in [-0.39, 0.29) is 12.0 Å². The van der Waals surface area contributed by atoms with Crippen LogP contribution in [-0.2, 0) is 4.79 Å². The largest absolute Gasteiger partial charge is 0.389 e. The van der Waals surface area contributed by atoms with E-state index in [2.05, 4.69) is 43.7 Å². The van der Waals surface area contributed by atoms with Crippen molar-refractivity contribution in [1.82, 2.24) is 4.90 Å². The number of hydrogen-bond acceptors (Lipinski definition) is 5. The van der Waals surface area contributed by atoms with Crippen molar-refractivity contribution in [3.8, 4) is 6.07 Å². The standard InChI is InChI=1S/C17H24ClN3.C2H4O2/c1-17(2,3)12-21(15-7-8-20(4)11-15)14-6-5-13(10-19)16(18)9-14;3-1-2-4/h5-6,9,15H,7-8,11-12H2,1-4H3;1,4H,2H2. The van der Waals surface area contributed by atoms with Crippen LogP contribution in [-0.4, -0.2) is 55.6 Å². The number of nitriles is 1. The van der Waals surface area contributed by atoms with Crippen LogP contribution >= 0.6 is 11.6 Å². The molecular formula is C19H28ClN3O2. The first-order chi connectivity index (χ1) is 11.7. The number of anilines is 1. The molecule has 0 aromatic heterocycles. The number of hydrogen-bond donors (Lipinski definition) is 1. The minimum Gasteiger partial charge on any atom is -0.389 e. The van der Waals surface area contributed by atoms with Crippen LogP contribution in [0.3, 0.4) is 0 Å². The zero-order valence-electron chi connectivity index (χ0n) is 15.5. The van der Waals surface area contributed by atoms with Crippen molar-refractivity contribution in [3.05, 3.63) is 28.8 Å². The lowest BCUT2D eigenvalue weighted by Crippen LogP contribution is -2.42. The summed E-state index contributed by atoms with van der Waals surface area (Å²) in [5, 5.41) is 17.1. The summed E-state index contributed by atoms with van der Waals surface area (Å²) in [4.78, 5) is 13.7. The van der Waals surface area contributed by atoms with Crippen molar-refractivity contribution in [3.63, 3.8) is 0 Å². The molecule has 1 N–H and O–H groups in total. The van der Waals surface area contributed by atoms with Crippen LogP contribution in [0.2, 0.25) is 5.02 Å². The van der Waals surface area contributed by atoms with Crippen LogP contribution in [0.1, 0.15) is 32.8 Å². The number of aliphatic hydroxyl groups excluding tert-OH is 1. The van der Waals surface area contributed by atoms with E-state index in [1.54, 1.807) is 0 Å². The maximum Gasteiger partial charge on any atom is 0.145 e. The quantitative estimate of drug-likeness (QED) is 0.831. The molecule has 2 rings (SSSR count). The number of aldehydes is 1. The number of rotatable bonds is 4. The summed E-state index contributed by atoms with van der Waals surface area (Å²) in [6, 6.07) is 8.42. The molecule has 1 unspecified atom stereocenters. The van der Waals surface area contributed by atoms with Crippen LogP contribution < -0.4 is 4.90 Å². The molecule has 0 amide bonds. The zero-order chi connectivity index (χ0) is 19.0. The van der Waals surface area contributed by atoms with E-state index in [1.165, 1.54) is 6.42 Å². The lowest BCUT2D eigenvalue weighted by molar-refractivity contribution is -0.110. The molecule has 1 aromatic carbocycles. The minimum absolute atomic E-state index is 0.210. The Kier molecular flexibility index (Phi) is 8.37. The molecule has 0 aliphatic carbocycles. The molecule has 1 aromatic rings. The maximum atomic E-state index is 9.03. The highest BCUT2D eigenvalue weighted by molar-refractivity contribution is 6.32. The van der Waals surface area contributed by atoms with Gasteiger partial charge in [0.25, 0.3) is 0 Å². The molecule has 138 valence electrons. The molecular weight excluding hydrogens is 338 g/mol. The lowest BCUT2D eigenvalue weighted by Gasteiger charge is -2.36. The molecule has 6 heteroatoms. The van der Waals surface area contributed by atoms with Crippen LogP contribution in [0, 0.1) is 16.7 Å². The molecule has 1 heterocycles. The molecule has 1 atom stereocenters. The van der Waals surface area contributed by atoms with Gasteiger partial charge in [0.15, 0.2) is 0 Å². The van der Waals surface area contributed by atoms with Crippen molar-refractivity contribution in [2.75, 3.05) is 38.2 Å². The molecule has 0 spiro atoms. The van der Waals surface area contributed by atoms with Gasteiger partial charge in [0, 0.05) is 24.8 Å². The highest BCUT2D eigenvalue weighted by Gasteiger charge is 2.29. The van der Waals surface area contributed by atoms with E-state index in [0.29, 0.717) is 22.9 Å². The Morgan fingerprint density at radius 1 is 1.48 bits per heavy atom. The Bertz CT molecular complexity index is 608. The van der Waals surface area contributed by atoms with Gasteiger partial charge in [-0.3, -0.25) is 0 Å². The van der Waals surface area contributed by atoms with E-state index >= 15 is 0 Å². The molecule has 0 bridgehead atoms. The number of aliphatic hydroxyl groups is 1. The average molecular weight is 366 g/mol. The van der Waals surface area contributed by atoms with Crippen LogP contribution in [0.5, 0.6) is 0 Å². The van der Waals surface area contributed by atoms with Crippen LogP contribution in [0.4, 0.5) is 5.69 Å². The Morgan fingerprint density at radius 2 is 2.12 bits per heavy atom. The molecule has 1 saturated heterocycles. The first-order valence-electron chi connectivity index (χ1n) is 8.41. The third-order valence-electron chi connectivity index (χ3n) is 3.93. The third kappa shape index (κ3) is 7.03. The molecule has 1 fully saturated rings. The monoisotopic (exact) mass is 365 g/mol. The van der Waals surface area contributed by atoms with Gasteiger partial charge in [0.05, 0.1) is 17.2 Å². The van der Waals surface area contributed by atoms with Gasteiger partial charge in [-0.1, -0.05) is 32.4 Å². The average Bonchev–Trinajstić information content (AvgIpc) is 2.98. The number of likely N-dealkylation sites (N-methyl/N-ethyl adjacent to an activating group) is 1. The molecule has 5 nitrogen and oxygen atoms in total. The molecule has 1 aliphatic heterocycles. The fraction of sp³-hybridized carbons (Fsp3) is 0.579. The summed E-state index contributed by atoms with van der Waals surface area (Å²) in [7, 11) is 2.17. The van der Waals surface area contributed by atoms with Crippen molar-refractivity contribution in [1.29, 1.82) is 5.26 Å². The Balaban J connectivity index is 0.000000705. The summed E-state index contributed by atoms with van der Waals surface area (Å²) in [5.74, 6) is 0. The second-order valence-electron chi connectivity index (χ2n) is 7.52. The summed E-state index contributed by atoms with van der Waals surface area (Å²) in [5.41, 5.74) is 1.87. The van der Waals surface area contributed by atoms with Gasteiger partial charge in [-0.05, 0) is 43.6 Å². The lowest BCUT2D eigenvalue weighted by atomic mass is 9.94. The first-order valence-corrected chi connectivity index (χ1v) is 8.79. The van der Waals surface area contributed by atoms with Crippen LogP contribution in [0.25, 0.3) is 0 Å². The van der Waals surface area contributed by atoms with E-state index in [4.69, 9.17) is 26.8 Å². The maximum absolute atomic E-state index is 9.03. The number of carbonyl (C=O) groups is 1. The first kappa shape index (κ1) is 21.4. The number of benzene rings is 1. The van der Waals surface area contributed by atoms with Crippen molar-refractivity contribution in [2.24, 2.45) is 5.41 Å². The summed E-state index contributed by atoms with van der Waals surface area (Å²) >= 11 is 6.22. The second kappa shape index (κ2) is 9.76. The van der Waals surface area contributed by atoms with Crippen molar-refractivity contribution in [2.45, 2.75) is 33.2 Å². The second-order valence-corrected chi connectivity index (χ2v) is 7.93. The van der Waals surface area contributed by atoms with E-state index in [0.717, 1.165) is 25.3 Å². The van der Waals surface area contributed by atoms with E-state index in [1.807, 2.05) is 18.2 Å². The van der Waals surface area contributed by atoms with Gasteiger partial charge < -0.3 is 19.7 Å². The topological polar surface area (TPSA) is 67.6 Å². The SMILES string of the molecule is CN1CCC(N(CC(C)(C)C)c2ccc(C#N)c(Cl)c2)C1.O=CCO. The van der Waals surface area contributed by atoms with Crippen molar-refractivity contribution >= 4 is 23.6 Å². The van der Waals surface area contributed by atoms with Gasteiger partial charge in [0.2, 0.25) is 0 Å². The normalized spacial score (nSPS) is 17.4. The highest BCUT2D eigenvalue weighted by atomic mass is 35.5. The number of halogens is 1. The Hall–Kier alpha value is -1.61. The molecule has 25 heavy (non-hydrogen) atoms. The molecule has 0 saturated carbocycles. The van der Waals surface area contributed by atoms with Gasteiger partial charge in [-0.25, -0.2) is 0 Å². The third-order valence-corrected chi connectivity index (χ3v) is 4.24. The van der Waals surface area contributed by atoms with Gasteiger partial charge in [0.1, 0.15) is 12.4 Å². The Labute approximate surface area is 155 Å². The van der Waals surface area contributed by atoms with E-state index in [9.17, 15) is 0 Å². The fourth-order valence-electron chi connectivity index (χ4n) is 2.88. The van der Waals surface area contributed by atoms with Crippen LogP contribution in [0.15, 0.2) is 18.2 Å². The minimum atomic E-state index is -0.361. The predicted molar refractivity (Wildman–Crippen MR) is 102 cm³/mol. The summed E-state index contributed by atoms with van der Waals surface area (Å²) in [6.07, 6.45) is 1.60. The number of likely N-dealkylation sites (tertiary alicyclic amines) is 1. The van der Waals surface area contributed by atoms with Gasteiger partial charge >= 0.3 is 0 Å². The highest BCUT2D eigenvalue weighted by Crippen LogP contribution is 2.30. The Morgan fingerprint density at radius 3 is 2.52 bits per heavy atom. The van der Waals surface area contributed by atoms with Gasteiger partial charge in [-0.2, -0.15) is 5.26 Å². The summed E-state index contributed by atoms with van der Waals surface area (Å²) in [6.45, 7) is 9.59. The van der Waals surface area contributed by atoms with E-state index < -0.39 is 0 Å². The molecule has 0 radical (unpaired) electrons. The predicted octanol–water partition coefficient (Wildman–Crippen LogP) is 2.95. The number of carbonyl (C=O) groups excluding carboxylic acids is 1. The zero-order valence-corrected chi connectivity index (χ0v) is 16.3. The fourth-order valence-corrected chi connectivity index (χ4v) is 3.10. The summed E-state index contributed by atoms with van der Waals surface area (Å²) < 4.78 is 0. The number of nitrogens with zero attached hydrogens (tertiary/aromatic N) is 3. The molecule has 1 aliphatic rings. The van der Waals surface area contributed by atoms with Gasteiger partial charge in [-0.15, -0.1) is 0 Å². The van der Waals surface area contributed by atoms with Crippen molar-refractivity contribution < 1.29 is 9.90 Å². The smallest absolute Gasteiger partial charge is 0.145 e.